The molecule has 2 fully saturated rings. The average molecular weight is 289 g/mol. The maximum Gasteiger partial charge on any atom is 0.306 e. The summed E-state index contributed by atoms with van der Waals surface area (Å²) in [7, 11) is 0. The first-order chi connectivity index (χ1) is 8.70. The number of hydrogen-bond acceptors (Lipinski definition) is 1. The van der Waals surface area contributed by atoms with Crippen LogP contribution in [0.1, 0.15) is 71.1 Å². The Kier molecular flexibility index (Phi) is 7.20. The molecule has 3 heteroatoms. The molecule has 0 aromatic rings. The molecule has 19 heavy (non-hydrogen) atoms. The van der Waals surface area contributed by atoms with Crippen LogP contribution in [0.15, 0.2) is 0 Å². The van der Waals surface area contributed by atoms with Gasteiger partial charge in [-0.15, -0.1) is 12.4 Å². The lowest BCUT2D eigenvalue weighted by molar-refractivity contribution is -0.143. The summed E-state index contributed by atoms with van der Waals surface area (Å²) < 4.78 is 0. The Balaban J connectivity index is 0.00000180. The van der Waals surface area contributed by atoms with Gasteiger partial charge in [0, 0.05) is 0 Å². The molecule has 0 aliphatic heterocycles. The van der Waals surface area contributed by atoms with E-state index in [-0.39, 0.29) is 18.3 Å². The normalized spacial score (nSPS) is 35.4. The molecular weight excluding hydrogens is 260 g/mol. The van der Waals surface area contributed by atoms with Crippen LogP contribution in [-0.4, -0.2) is 11.1 Å². The van der Waals surface area contributed by atoms with Gasteiger partial charge in [0.15, 0.2) is 0 Å². The molecule has 0 atom stereocenters. The van der Waals surface area contributed by atoms with Crippen LogP contribution in [0, 0.1) is 23.7 Å². The number of carbonyl (C=O) groups is 1. The monoisotopic (exact) mass is 288 g/mol. The molecule has 2 rings (SSSR count). The molecule has 2 aliphatic rings. The van der Waals surface area contributed by atoms with Gasteiger partial charge in [0.1, 0.15) is 0 Å². The highest BCUT2D eigenvalue weighted by molar-refractivity contribution is 5.85. The number of rotatable bonds is 4. The lowest BCUT2D eigenvalue weighted by atomic mass is 9.69. The summed E-state index contributed by atoms with van der Waals surface area (Å²) in [5.41, 5.74) is 0. The Labute approximate surface area is 123 Å². The molecule has 0 amide bonds. The summed E-state index contributed by atoms with van der Waals surface area (Å²) in [6.07, 6.45) is 12.6. The van der Waals surface area contributed by atoms with Crippen LogP contribution in [0.3, 0.4) is 0 Å². The van der Waals surface area contributed by atoms with E-state index in [1.165, 1.54) is 51.4 Å². The van der Waals surface area contributed by atoms with Crippen molar-refractivity contribution in [1.82, 2.24) is 0 Å². The Morgan fingerprint density at radius 1 is 0.947 bits per heavy atom. The van der Waals surface area contributed by atoms with E-state index in [2.05, 4.69) is 6.92 Å². The van der Waals surface area contributed by atoms with Gasteiger partial charge in [-0.3, -0.25) is 4.79 Å². The zero-order chi connectivity index (χ0) is 13.0. The quantitative estimate of drug-likeness (QED) is 0.798. The topological polar surface area (TPSA) is 37.3 Å². The molecule has 0 aromatic carbocycles. The van der Waals surface area contributed by atoms with Crippen molar-refractivity contribution in [3.63, 3.8) is 0 Å². The van der Waals surface area contributed by atoms with Crippen LogP contribution in [0.5, 0.6) is 0 Å². The molecule has 112 valence electrons. The molecule has 0 saturated heterocycles. The van der Waals surface area contributed by atoms with Crippen molar-refractivity contribution in [3.8, 4) is 0 Å². The van der Waals surface area contributed by atoms with Gasteiger partial charge in [-0.05, 0) is 56.3 Å². The third kappa shape index (κ3) is 4.66. The van der Waals surface area contributed by atoms with E-state index in [1.807, 2.05) is 0 Å². The summed E-state index contributed by atoms with van der Waals surface area (Å²) in [5.74, 6) is 2.12. The Morgan fingerprint density at radius 3 is 1.84 bits per heavy atom. The van der Waals surface area contributed by atoms with Crippen LogP contribution < -0.4 is 0 Å². The fourth-order valence-corrected chi connectivity index (χ4v) is 4.19. The van der Waals surface area contributed by atoms with E-state index in [1.54, 1.807) is 0 Å². The maximum absolute atomic E-state index is 11.0. The summed E-state index contributed by atoms with van der Waals surface area (Å²) in [6.45, 7) is 2.29. The predicted molar refractivity (Wildman–Crippen MR) is 80.7 cm³/mol. The zero-order valence-corrected chi connectivity index (χ0v) is 13.0. The van der Waals surface area contributed by atoms with Gasteiger partial charge >= 0.3 is 5.97 Å². The second-order valence-electron chi connectivity index (χ2n) is 6.52. The largest absolute Gasteiger partial charge is 0.481 e. The molecule has 0 unspecified atom stereocenters. The van der Waals surface area contributed by atoms with Gasteiger partial charge in [-0.2, -0.15) is 0 Å². The molecule has 2 saturated carbocycles. The molecule has 0 radical (unpaired) electrons. The Hall–Kier alpha value is -0.240. The van der Waals surface area contributed by atoms with E-state index in [0.29, 0.717) is 0 Å². The van der Waals surface area contributed by atoms with Gasteiger partial charge in [-0.25, -0.2) is 0 Å². The van der Waals surface area contributed by atoms with Gasteiger partial charge in [0.2, 0.25) is 0 Å². The third-order valence-electron chi connectivity index (χ3n) is 5.38. The highest BCUT2D eigenvalue weighted by Gasteiger charge is 2.32. The summed E-state index contributed by atoms with van der Waals surface area (Å²) in [6, 6.07) is 0. The first kappa shape index (κ1) is 16.8. The first-order valence-corrected chi connectivity index (χ1v) is 7.93. The second kappa shape index (κ2) is 8.14. The smallest absolute Gasteiger partial charge is 0.306 e. The van der Waals surface area contributed by atoms with Gasteiger partial charge in [0.05, 0.1) is 5.92 Å². The molecular formula is C16H29ClO2. The van der Waals surface area contributed by atoms with Crippen LogP contribution in [0.2, 0.25) is 0 Å². The van der Waals surface area contributed by atoms with E-state index < -0.39 is 5.97 Å². The van der Waals surface area contributed by atoms with Crippen molar-refractivity contribution >= 4 is 18.4 Å². The molecule has 0 bridgehead atoms. The van der Waals surface area contributed by atoms with E-state index >= 15 is 0 Å². The predicted octanol–water partition coefficient (Wildman–Crippen LogP) is 4.91. The van der Waals surface area contributed by atoms with Crippen molar-refractivity contribution in [3.05, 3.63) is 0 Å². The molecule has 2 nitrogen and oxygen atoms in total. The van der Waals surface area contributed by atoms with Crippen LogP contribution >= 0.6 is 12.4 Å². The summed E-state index contributed by atoms with van der Waals surface area (Å²) in [5, 5.41) is 9.03. The number of halogens is 1. The van der Waals surface area contributed by atoms with E-state index in [4.69, 9.17) is 5.11 Å². The van der Waals surface area contributed by atoms with Crippen molar-refractivity contribution in [2.75, 3.05) is 0 Å². The number of aliphatic carboxylic acids is 1. The molecule has 0 spiro atoms. The van der Waals surface area contributed by atoms with E-state index in [0.717, 1.165) is 30.6 Å². The molecule has 0 aromatic heterocycles. The minimum Gasteiger partial charge on any atom is -0.481 e. The highest BCUT2D eigenvalue weighted by atomic mass is 35.5. The van der Waals surface area contributed by atoms with Gasteiger partial charge in [-0.1, -0.05) is 32.6 Å². The fourth-order valence-electron chi connectivity index (χ4n) is 4.19. The molecule has 2 aliphatic carbocycles. The molecule has 0 heterocycles. The lowest BCUT2D eigenvalue weighted by Gasteiger charge is -2.37. The SMILES string of the molecule is CCC[C@H]1CC[C@H]([C@H]2CC[C@H](C(=O)O)CC2)CC1.Cl. The van der Waals surface area contributed by atoms with Crippen LogP contribution in [-0.2, 0) is 4.79 Å². The van der Waals surface area contributed by atoms with Crippen molar-refractivity contribution in [1.29, 1.82) is 0 Å². The summed E-state index contributed by atoms with van der Waals surface area (Å²) >= 11 is 0. The zero-order valence-electron chi connectivity index (χ0n) is 12.1. The number of carboxylic acid groups (broad SMARTS) is 1. The minimum absolute atomic E-state index is 0. The van der Waals surface area contributed by atoms with Crippen molar-refractivity contribution in [2.45, 2.75) is 71.1 Å². The second-order valence-corrected chi connectivity index (χ2v) is 6.52. The van der Waals surface area contributed by atoms with E-state index in [9.17, 15) is 4.79 Å². The lowest BCUT2D eigenvalue weighted by Crippen LogP contribution is -2.28. The third-order valence-corrected chi connectivity index (χ3v) is 5.38. The van der Waals surface area contributed by atoms with Crippen molar-refractivity contribution < 1.29 is 9.90 Å². The fraction of sp³-hybridized carbons (Fsp3) is 0.938. The summed E-state index contributed by atoms with van der Waals surface area (Å²) in [4.78, 5) is 11.0. The van der Waals surface area contributed by atoms with Gasteiger partial charge in [0.25, 0.3) is 0 Å². The van der Waals surface area contributed by atoms with Crippen LogP contribution in [0.4, 0.5) is 0 Å². The maximum atomic E-state index is 11.0. The number of hydrogen-bond donors (Lipinski definition) is 1. The highest BCUT2D eigenvalue weighted by Crippen LogP contribution is 2.42. The number of carboxylic acids is 1. The Bertz CT molecular complexity index is 264. The average Bonchev–Trinajstić information content (AvgIpc) is 2.40. The Morgan fingerprint density at radius 2 is 1.42 bits per heavy atom. The molecule has 1 N–H and O–H groups in total. The van der Waals surface area contributed by atoms with Crippen molar-refractivity contribution in [2.24, 2.45) is 23.7 Å². The van der Waals surface area contributed by atoms with Gasteiger partial charge < -0.3 is 5.11 Å². The standard InChI is InChI=1S/C16H28O2.ClH/c1-2-3-12-4-6-13(7-5-12)14-8-10-15(11-9-14)16(17)18;/h12-15H,2-11H2,1H3,(H,17,18);1H/t12-,13-,14-,15-;. The first-order valence-electron chi connectivity index (χ1n) is 7.93. The minimum atomic E-state index is -0.569. The van der Waals surface area contributed by atoms with Crippen LogP contribution in [0.25, 0.3) is 0 Å².